The molecule has 2 aromatic rings. The maximum Gasteiger partial charge on any atom is 0.264 e. The number of fused-ring (bicyclic) bond motifs is 1. The number of benzene rings is 1. The van der Waals surface area contributed by atoms with E-state index in [0.717, 1.165) is 4.70 Å². The Morgan fingerprint density at radius 1 is 1.29 bits per heavy atom. The number of hydrogen-bond donors (Lipinski definition) is 2. The molecule has 0 radical (unpaired) electrons. The molecular weight excluding hydrogens is 224 g/mol. The van der Waals surface area contributed by atoms with Gasteiger partial charge in [-0.2, -0.15) is 0 Å². The highest BCUT2D eigenvalue weighted by atomic mass is 32.1. The van der Waals surface area contributed by atoms with Crippen LogP contribution in [0, 0.1) is 0 Å². The van der Waals surface area contributed by atoms with Crippen LogP contribution in [0.15, 0.2) is 23.1 Å². The second-order valence-electron chi connectivity index (χ2n) is 2.90. The zero-order valence-corrected chi connectivity index (χ0v) is 8.71. The third-order valence-electron chi connectivity index (χ3n) is 1.91. The Labute approximate surface area is 88.9 Å². The molecular formula is C9H7F2NS2. The van der Waals surface area contributed by atoms with Crippen molar-refractivity contribution < 1.29 is 8.78 Å². The lowest BCUT2D eigenvalue weighted by atomic mass is 10.1. The summed E-state index contributed by atoms with van der Waals surface area (Å²) in [7, 11) is 0. The number of hydrogen-bond acceptors (Lipinski definition) is 3. The second-order valence-corrected chi connectivity index (χ2v) is 4.53. The Kier molecular flexibility index (Phi) is 2.36. The summed E-state index contributed by atoms with van der Waals surface area (Å²) in [6, 6.07) is 4.70. The molecule has 0 saturated carbocycles. The van der Waals surface area contributed by atoms with Gasteiger partial charge >= 0.3 is 0 Å². The molecule has 0 bridgehead atoms. The molecule has 0 amide bonds. The summed E-state index contributed by atoms with van der Waals surface area (Å²) in [5, 5.41) is 1.07. The Morgan fingerprint density at radius 3 is 2.64 bits per heavy atom. The molecule has 0 atom stereocenters. The lowest BCUT2D eigenvalue weighted by Crippen LogP contribution is -1.84. The van der Waals surface area contributed by atoms with Crippen LogP contribution in [0.2, 0.25) is 0 Å². The predicted molar refractivity (Wildman–Crippen MR) is 58.4 cm³/mol. The van der Waals surface area contributed by atoms with Crippen molar-refractivity contribution in [3.8, 4) is 0 Å². The fourth-order valence-electron chi connectivity index (χ4n) is 1.35. The Bertz CT molecular complexity index is 479. The molecule has 0 unspecified atom stereocenters. The maximum absolute atomic E-state index is 12.6. The minimum Gasteiger partial charge on any atom is -0.391 e. The standard InChI is InChI=1S/C9H7F2NS2/c10-9(11)6-1-4(13)2-7-5(6)3-8(12)14-7/h1-3,9,13H,12H2. The first kappa shape index (κ1) is 9.73. The number of thiol groups is 1. The minimum atomic E-state index is -2.49. The first-order valence-electron chi connectivity index (χ1n) is 3.88. The number of thiophene rings is 1. The Balaban J connectivity index is 2.79. The van der Waals surface area contributed by atoms with Gasteiger partial charge in [0.25, 0.3) is 6.43 Å². The summed E-state index contributed by atoms with van der Waals surface area (Å²) in [6.07, 6.45) is -2.49. The van der Waals surface area contributed by atoms with Crippen molar-refractivity contribution in [1.82, 2.24) is 0 Å². The van der Waals surface area contributed by atoms with E-state index in [-0.39, 0.29) is 5.56 Å². The summed E-state index contributed by atoms with van der Waals surface area (Å²) in [5.41, 5.74) is 5.56. The maximum atomic E-state index is 12.6. The fraction of sp³-hybridized carbons (Fsp3) is 0.111. The summed E-state index contributed by atoms with van der Waals surface area (Å²) in [4.78, 5) is 0.537. The zero-order valence-electron chi connectivity index (χ0n) is 7.00. The molecule has 0 saturated heterocycles. The van der Waals surface area contributed by atoms with Gasteiger partial charge in [0, 0.05) is 20.5 Å². The van der Waals surface area contributed by atoms with Crippen molar-refractivity contribution in [3.05, 3.63) is 23.8 Å². The fourth-order valence-corrected chi connectivity index (χ4v) is 2.61. The molecule has 74 valence electrons. The van der Waals surface area contributed by atoms with Crippen LogP contribution in [0.25, 0.3) is 10.1 Å². The van der Waals surface area contributed by atoms with Gasteiger partial charge < -0.3 is 5.73 Å². The predicted octanol–water partition coefficient (Wildman–Crippen LogP) is 3.71. The van der Waals surface area contributed by atoms with Crippen molar-refractivity contribution in [1.29, 1.82) is 0 Å². The highest BCUT2D eigenvalue weighted by molar-refractivity contribution is 7.80. The van der Waals surface area contributed by atoms with Crippen molar-refractivity contribution >= 4 is 39.1 Å². The molecule has 1 aromatic heterocycles. The van der Waals surface area contributed by atoms with E-state index in [2.05, 4.69) is 12.6 Å². The van der Waals surface area contributed by atoms with Crippen LogP contribution in [0.5, 0.6) is 0 Å². The molecule has 0 aliphatic carbocycles. The van der Waals surface area contributed by atoms with E-state index in [1.165, 1.54) is 17.4 Å². The lowest BCUT2D eigenvalue weighted by molar-refractivity contribution is 0.153. The third-order valence-corrected chi connectivity index (χ3v) is 3.08. The highest BCUT2D eigenvalue weighted by Crippen LogP contribution is 2.36. The lowest BCUT2D eigenvalue weighted by Gasteiger charge is -2.02. The summed E-state index contributed by atoms with van der Waals surface area (Å²) < 4.78 is 26.0. The van der Waals surface area contributed by atoms with Crippen LogP contribution in [-0.2, 0) is 0 Å². The molecule has 1 aromatic carbocycles. The number of anilines is 1. The minimum absolute atomic E-state index is 0.000417. The molecule has 0 fully saturated rings. The summed E-state index contributed by atoms with van der Waals surface area (Å²) in [6.45, 7) is 0. The van der Waals surface area contributed by atoms with E-state index in [9.17, 15) is 8.78 Å². The van der Waals surface area contributed by atoms with Gasteiger partial charge in [0.1, 0.15) is 0 Å². The summed E-state index contributed by atoms with van der Waals surface area (Å²) in [5.74, 6) is 0. The van der Waals surface area contributed by atoms with Crippen molar-refractivity contribution in [2.24, 2.45) is 0 Å². The van der Waals surface area contributed by atoms with Gasteiger partial charge in [-0.3, -0.25) is 0 Å². The van der Waals surface area contributed by atoms with Gasteiger partial charge in [0.15, 0.2) is 0 Å². The van der Waals surface area contributed by atoms with Crippen molar-refractivity contribution in [2.75, 3.05) is 5.73 Å². The molecule has 2 N–H and O–H groups in total. The topological polar surface area (TPSA) is 26.0 Å². The quantitative estimate of drug-likeness (QED) is 0.719. The van der Waals surface area contributed by atoms with Gasteiger partial charge in [-0.15, -0.1) is 24.0 Å². The molecule has 1 heterocycles. The second kappa shape index (κ2) is 3.40. The van der Waals surface area contributed by atoms with Gasteiger partial charge in [-0.25, -0.2) is 8.78 Å². The van der Waals surface area contributed by atoms with Gasteiger partial charge in [0.2, 0.25) is 0 Å². The average Bonchev–Trinajstić information content (AvgIpc) is 2.42. The van der Waals surface area contributed by atoms with E-state index in [0.29, 0.717) is 15.3 Å². The smallest absolute Gasteiger partial charge is 0.264 e. The SMILES string of the molecule is Nc1cc2c(C(F)F)cc(S)cc2s1. The molecule has 2 rings (SSSR count). The van der Waals surface area contributed by atoms with Crippen molar-refractivity contribution in [2.45, 2.75) is 11.3 Å². The molecule has 14 heavy (non-hydrogen) atoms. The van der Waals surface area contributed by atoms with Gasteiger partial charge in [-0.05, 0) is 18.2 Å². The molecule has 0 aliphatic heterocycles. The first-order valence-corrected chi connectivity index (χ1v) is 5.14. The average molecular weight is 231 g/mol. The van der Waals surface area contributed by atoms with Crippen LogP contribution in [0.3, 0.4) is 0 Å². The van der Waals surface area contributed by atoms with E-state index >= 15 is 0 Å². The molecule has 1 nitrogen and oxygen atoms in total. The van der Waals surface area contributed by atoms with Crippen LogP contribution in [0.1, 0.15) is 12.0 Å². The largest absolute Gasteiger partial charge is 0.391 e. The van der Waals surface area contributed by atoms with Crippen LogP contribution in [-0.4, -0.2) is 0 Å². The molecule has 0 aliphatic rings. The summed E-state index contributed by atoms with van der Waals surface area (Å²) >= 11 is 5.36. The van der Waals surface area contributed by atoms with E-state index in [1.54, 1.807) is 12.1 Å². The number of alkyl halides is 2. The Hall–Kier alpha value is -0.810. The van der Waals surface area contributed by atoms with Crippen LogP contribution >= 0.6 is 24.0 Å². The number of nitrogen functional groups attached to an aromatic ring is 1. The number of nitrogens with two attached hydrogens (primary N) is 1. The number of rotatable bonds is 1. The van der Waals surface area contributed by atoms with E-state index in [1.807, 2.05) is 0 Å². The first-order chi connectivity index (χ1) is 6.58. The van der Waals surface area contributed by atoms with Crippen LogP contribution in [0.4, 0.5) is 13.8 Å². The van der Waals surface area contributed by atoms with E-state index in [4.69, 9.17) is 5.73 Å². The normalized spacial score (nSPS) is 11.4. The van der Waals surface area contributed by atoms with Crippen LogP contribution < -0.4 is 5.73 Å². The Morgan fingerprint density at radius 2 is 2.00 bits per heavy atom. The third kappa shape index (κ3) is 1.57. The highest BCUT2D eigenvalue weighted by Gasteiger charge is 2.14. The zero-order chi connectivity index (χ0) is 10.3. The van der Waals surface area contributed by atoms with Gasteiger partial charge in [0.05, 0.1) is 5.00 Å². The number of halogens is 2. The monoisotopic (exact) mass is 231 g/mol. The molecule has 5 heteroatoms. The van der Waals surface area contributed by atoms with Crippen molar-refractivity contribution in [3.63, 3.8) is 0 Å². The van der Waals surface area contributed by atoms with Gasteiger partial charge in [-0.1, -0.05) is 0 Å². The molecule has 0 spiro atoms. The van der Waals surface area contributed by atoms with E-state index < -0.39 is 6.43 Å².